The smallest absolute Gasteiger partial charge is 0.253 e. The van der Waals surface area contributed by atoms with Crippen LogP contribution in [-0.2, 0) is 4.79 Å². The fourth-order valence-corrected chi connectivity index (χ4v) is 2.62. The Balaban J connectivity index is 2.01. The van der Waals surface area contributed by atoms with Gasteiger partial charge in [0.15, 0.2) is 5.11 Å². The summed E-state index contributed by atoms with van der Waals surface area (Å²) in [6.45, 7) is 3.76. The Morgan fingerprint density at radius 2 is 1.74 bits per heavy atom. The van der Waals surface area contributed by atoms with Gasteiger partial charge in [0.25, 0.3) is 5.91 Å². The minimum Gasteiger partial charge on any atom is -0.350 e. The van der Waals surface area contributed by atoms with E-state index >= 15 is 0 Å². The number of amides is 2. The fraction of sp³-hybridized carbons (Fsp3) is 0.150. The molecule has 0 saturated heterocycles. The summed E-state index contributed by atoms with van der Waals surface area (Å²) < 4.78 is 0. The van der Waals surface area contributed by atoms with E-state index in [0.717, 1.165) is 5.56 Å². The number of carbonyl (C=O) groups is 2. The Morgan fingerprint density at radius 1 is 1.07 bits per heavy atom. The molecule has 2 amide bonds. The van der Waals surface area contributed by atoms with Crippen LogP contribution in [0.5, 0.6) is 0 Å². The molecule has 0 saturated carbocycles. The van der Waals surface area contributed by atoms with Gasteiger partial charge >= 0.3 is 0 Å². The number of nitrogens with one attached hydrogen (secondary N) is 3. The van der Waals surface area contributed by atoms with E-state index in [1.807, 2.05) is 26.0 Å². The quantitative estimate of drug-likeness (QED) is 0.523. The summed E-state index contributed by atoms with van der Waals surface area (Å²) in [5, 5.41) is 8.89. The Morgan fingerprint density at radius 3 is 2.44 bits per heavy atom. The highest BCUT2D eigenvalue weighted by Crippen LogP contribution is 2.16. The van der Waals surface area contributed by atoms with E-state index in [0.29, 0.717) is 16.3 Å². The third-order valence-electron chi connectivity index (χ3n) is 3.40. The Labute approximate surface area is 168 Å². The molecule has 27 heavy (non-hydrogen) atoms. The first kappa shape index (κ1) is 20.6. The topological polar surface area (TPSA) is 70.2 Å². The maximum absolute atomic E-state index is 12.3. The zero-order valence-corrected chi connectivity index (χ0v) is 16.5. The van der Waals surface area contributed by atoms with E-state index < -0.39 is 5.91 Å². The number of benzene rings is 2. The minimum absolute atomic E-state index is 0.00663. The first-order valence-corrected chi connectivity index (χ1v) is 9.10. The van der Waals surface area contributed by atoms with Crippen LogP contribution in [0.25, 0.3) is 6.08 Å². The normalized spacial score (nSPS) is 10.7. The highest BCUT2D eigenvalue weighted by molar-refractivity contribution is 7.80. The van der Waals surface area contributed by atoms with Crippen molar-refractivity contribution < 1.29 is 9.59 Å². The van der Waals surface area contributed by atoms with E-state index in [1.54, 1.807) is 42.5 Å². The lowest BCUT2D eigenvalue weighted by Crippen LogP contribution is -2.34. The summed E-state index contributed by atoms with van der Waals surface area (Å²) in [6, 6.07) is 14.1. The molecule has 0 aliphatic rings. The number of halogens is 1. The molecule has 2 aromatic carbocycles. The predicted octanol–water partition coefficient (Wildman–Crippen LogP) is 4.00. The van der Waals surface area contributed by atoms with E-state index in [4.69, 9.17) is 23.8 Å². The number of anilines is 1. The molecular formula is C20H20ClN3O2S. The maximum Gasteiger partial charge on any atom is 0.253 e. The summed E-state index contributed by atoms with van der Waals surface area (Å²) in [4.78, 5) is 24.3. The lowest BCUT2D eigenvalue weighted by molar-refractivity contribution is -0.115. The summed E-state index contributed by atoms with van der Waals surface area (Å²) >= 11 is 11.2. The lowest BCUT2D eigenvalue weighted by Gasteiger charge is -2.14. The molecule has 0 aromatic heterocycles. The number of rotatable bonds is 5. The first-order chi connectivity index (χ1) is 12.9. The molecular weight excluding hydrogens is 382 g/mol. The molecule has 0 aliphatic heterocycles. The molecule has 5 nitrogen and oxygen atoms in total. The van der Waals surface area contributed by atoms with E-state index in [1.165, 1.54) is 6.08 Å². The number of hydrogen-bond acceptors (Lipinski definition) is 3. The monoisotopic (exact) mass is 401 g/mol. The van der Waals surface area contributed by atoms with E-state index in [9.17, 15) is 9.59 Å². The van der Waals surface area contributed by atoms with Crippen LogP contribution in [-0.4, -0.2) is 23.0 Å². The van der Waals surface area contributed by atoms with Gasteiger partial charge in [-0.3, -0.25) is 14.9 Å². The van der Waals surface area contributed by atoms with Crippen LogP contribution >= 0.6 is 23.8 Å². The highest BCUT2D eigenvalue weighted by Gasteiger charge is 2.13. The van der Waals surface area contributed by atoms with Crippen LogP contribution < -0.4 is 16.0 Å². The van der Waals surface area contributed by atoms with Crippen molar-refractivity contribution in [3.8, 4) is 0 Å². The van der Waals surface area contributed by atoms with Gasteiger partial charge in [-0.25, -0.2) is 0 Å². The molecule has 0 spiro atoms. The van der Waals surface area contributed by atoms with Gasteiger partial charge in [0.05, 0.1) is 11.3 Å². The average Bonchev–Trinajstić information content (AvgIpc) is 2.60. The van der Waals surface area contributed by atoms with Crippen molar-refractivity contribution in [2.75, 3.05) is 5.32 Å². The molecule has 0 unspecified atom stereocenters. The molecule has 0 atom stereocenters. The van der Waals surface area contributed by atoms with Crippen molar-refractivity contribution in [1.82, 2.24) is 10.6 Å². The molecule has 0 heterocycles. The second-order valence-electron chi connectivity index (χ2n) is 5.97. The molecule has 2 aromatic rings. The number of thiocarbonyl (C=S) groups is 1. The number of hydrogen-bond donors (Lipinski definition) is 3. The van der Waals surface area contributed by atoms with Crippen LogP contribution in [0.1, 0.15) is 29.8 Å². The van der Waals surface area contributed by atoms with Gasteiger partial charge in [-0.15, -0.1) is 0 Å². The van der Waals surface area contributed by atoms with Crippen LogP contribution in [0, 0.1) is 0 Å². The molecule has 0 radical (unpaired) electrons. The fourth-order valence-electron chi connectivity index (χ4n) is 2.21. The zero-order chi connectivity index (χ0) is 19.8. The average molecular weight is 402 g/mol. The van der Waals surface area contributed by atoms with E-state index in [2.05, 4.69) is 16.0 Å². The lowest BCUT2D eigenvalue weighted by atomic mass is 10.1. The van der Waals surface area contributed by atoms with Crippen LogP contribution in [0.2, 0.25) is 5.02 Å². The molecule has 0 bridgehead atoms. The SMILES string of the molecule is CC(C)NC(=O)c1ccccc1NC(=S)NC(=O)/C=C/c1ccccc1Cl. The molecule has 2 rings (SSSR count). The third-order valence-corrected chi connectivity index (χ3v) is 3.94. The summed E-state index contributed by atoms with van der Waals surface area (Å²) in [5.41, 5.74) is 1.68. The van der Waals surface area contributed by atoms with Crippen molar-refractivity contribution in [2.45, 2.75) is 19.9 Å². The highest BCUT2D eigenvalue weighted by atomic mass is 35.5. The number of carbonyl (C=O) groups excluding carboxylic acids is 2. The first-order valence-electron chi connectivity index (χ1n) is 8.31. The largest absolute Gasteiger partial charge is 0.350 e. The van der Waals surface area contributed by atoms with E-state index in [-0.39, 0.29) is 17.1 Å². The van der Waals surface area contributed by atoms with Crippen molar-refractivity contribution >= 4 is 52.5 Å². The van der Waals surface area contributed by atoms with Crippen molar-refractivity contribution in [3.05, 3.63) is 70.8 Å². The van der Waals surface area contributed by atoms with Gasteiger partial charge in [-0.2, -0.15) is 0 Å². The van der Waals surface area contributed by atoms with Crippen molar-refractivity contribution in [2.24, 2.45) is 0 Å². The van der Waals surface area contributed by atoms with Crippen molar-refractivity contribution in [1.29, 1.82) is 0 Å². The van der Waals surface area contributed by atoms with Gasteiger partial charge < -0.3 is 10.6 Å². The summed E-state index contributed by atoms with van der Waals surface area (Å²) in [6.07, 6.45) is 2.94. The van der Waals surface area contributed by atoms with Gasteiger partial charge in [0, 0.05) is 17.1 Å². The third kappa shape index (κ3) is 6.51. The minimum atomic E-state index is -0.406. The molecule has 0 fully saturated rings. The molecule has 7 heteroatoms. The molecule has 140 valence electrons. The Bertz CT molecular complexity index is 881. The molecule has 0 aliphatic carbocycles. The Hall–Kier alpha value is -2.70. The van der Waals surface area contributed by atoms with Crippen molar-refractivity contribution in [3.63, 3.8) is 0 Å². The summed E-state index contributed by atoms with van der Waals surface area (Å²) in [7, 11) is 0. The number of para-hydroxylation sites is 1. The van der Waals surface area contributed by atoms with Gasteiger partial charge in [0.1, 0.15) is 0 Å². The van der Waals surface area contributed by atoms with Gasteiger partial charge in [0.2, 0.25) is 5.91 Å². The Kier molecular flexibility index (Phi) is 7.52. The van der Waals surface area contributed by atoms with Gasteiger partial charge in [-0.05, 0) is 55.9 Å². The second kappa shape index (κ2) is 9.85. The predicted molar refractivity (Wildman–Crippen MR) is 114 cm³/mol. The standard InChI is InChI=1S/C20H20ClN3O2S/c1-13(2)22-19(26)15-8-4-6-10-17(15)23-20(27)24-18(25)12-11-14-7-3-5-9-16(14)21/h3-13H,1-2H3,(H,22,26)(H2,23,24,25,27)/b12-11+. The van der Waals surface area contributed by atoms with Gasteiger partial charge in [-0.1, -0.05) is 41.9 Å². The zero-order valence-electron chi connectivity index (χ0n) is 15.0. The van der Waals surface area contributed by atoms with Crippen LogP contribution in [0.4, 0.5) is 5.69 Å². The van der Waals surface area contributed by atoms with Crippen LogP contribution in [0.15, 0.2) is 54.6 Å². The summed E-state index contributed by atoms with van der Waals surface area (Å²) in [5.74, 6) is -0.627. The maximum atomic E-state index is 12.3. The second-order valence-corrected chi connectivity index (χ2v) is 6.79. The van der Waals surface area contributed by atoms with Crippen LogP contribution in [0.3, 0.4) is 0 Å². The molecule has 3 N–H and O–H groups in total.